The molecule has 1 amide bonds. The Morgan fingerprint density at radius 2 is 2.17 bits per heavy atom. The van der Waals surface area contributed by atoms with Crippen LogP contribution in [-0.2, 0) is 4.79 Å². The molecule has 1 aromatic rings. The molecule has 1 unspecified atom stereocenters. The largest absolute Gasteiger partial charge is 0.361 e. The molecule has 1 heterocycles. The van der Waals surface area contributed by atoms with Crippen molar-refractivity contribution in [3.8, 4) is 0 Å². The number of amides is 1. The van der Waals surface area contributed by atoms with Crippen LogP contribution in [0.15, 0.2) is 24.3 Å². The van der Waals surface area contributed by atoms with Crippen LogP contribution < -0.4 is 10.6 Å². The maximum atomic E-state index is 11.3. The first kappa shape index (κ1) is 13.1. The summed E-state index contributed by atoms with van der Waals surface area (Å²) in [4.78, 5) is 13.3. The van der Waals surface area contributed by atoms with E-state index >= 15 is 0 Å². The van der Waals surface area contributed by atoms with Gasteiger partial charge in [0.15, 0.2) is 5.11 Å². The summed E-state index contributed by atoms with van der Waals surface area (Å²) in [6, 6.07) is 7.39. The van der Waals surface area contributed by atoms with Gasteiger partial charge >= 0.3 is 0 Å². The van der Waals surface area contributed by atoms with Crippen molar-refractivity contribution in [3.63, 3.8) is 0 Å². The minimum Gasteiger partial charge on any atom is -0.361 e. The fraction of sp³-hybridized carbons (Fsp3) is 0.333. The summed E-state index contributed by atoms with van der Waals surface area (Å²) in [6.45, 7) is 3.06. The molecule has 1 aromatic carbocycles. The van der Waals surface area contributed by atoms with Gasteiger partial charge in [-0.2, -0.15) is 0 Å². The number of hydrogen-bond acceptors (Lipinski definition) is 2. The summed E-state index contributed by atoms with van der Waals surface area (Å²) in [7, 11) is 0. The van der Waals surface area contributed by atoms with Gasteiger partial charge in [-0.1, -0.05) is 23.7 Å². The van der Waals surface area contributed by atoms with Crippen LogP contribution in [0.2, 0.25) is 5.02 Å². The van der Waals surface area contributed by atoms with Crippen molar-refractivity contribution in [2.24, 2.45) is 0 Å². The van der Waals surface area contributed by atoms with Crippen molar-refractivity contribution in [1.29, 1.82) is 0 Å². The number of nitrogens with one attached hydrogen (secondary N) is 2. The van der Waals surface area contributed by atoms with Crippen LogP contribution >= 0.6 is 23.8 Å². The number of nitrogens with zero attached hydrogens (tertiary/aromatic N) is 1. The van der Waals surface area contributed by atoms with Gasteiger partial charge in [0.25, 0.3) is 0 Å². The second kappa shape index (κ2) is 5.54. The van der Waals surface area contributed by atoms with E-state index < -0.39 is 0 Å². The minimum absolute atomic E-state index is 0.0929. The number of rotatable bonds is 3. The van der Waals surface area contributed by atoms with Crippen molar-refractivity contribution in [2.75, 3.05) is 13.1 Å². The summed E-state index contributed by atoms with van der Waals surface area (Å²) in [5.41, 5.74) is 0.959. The molecular weight excluding hydrogens is 270 g/mol. The number of carbonyl (C=O) groups is 1. The smallest absolute Gasteiger partial charge is 0.218 e. The molecular formula is C12H14ClN3OS. The zero-order valence-corrected chi connectivity index (χ0v) is 11.5. The first-order valence-corrected chi connectivity index (χ1v) is 6.43. The summed E-state index contributed by atoms with van der Waals surface area (Å²) in [6.07, 6.45) is -0.248. The predicted molar refractivity (Wildman–Crippen MR) is 75.3 cm³/mol. The third-order valence-electron chi connectivity index (χ3n) is 2.73. The molecule has 0 aliphatic carbocycles. The molecule has 4 nitrogen and oxygen atoms in total. The summed E-state index contributed by atoms with van der Waals surface area (Å²) < 4.78 is 0. The lowest BCUT2D eigenvalue weighted by Crippen LogP contribution is -2.42. The van der Waals surface area contributed by atoms with Gasteiger partial charge in [0, 0.05) is 25.0 Å². The molecule has 18 heavy (non-hydrogen) atoms. The fourth-order valence-corrected chi connectivity index (χ4v) is 2.34. The molecule has 1 fully saturated rings. The molecule has 1 aliphatic rings. The van der Waals surface area contributed by atoms with Crippen LogP contribution in [0.3, 0.4) is 0 Å². The van der Waals surface area contributed by atoms with Crippen molar-refractivity contribution in [2.45, 2.75) is 13.1 Å². The Kier molecular flexibility index (Phi) is 4.04. The average molecular weight is 284 g/mol. The van der Waals surface area contributed by atoms with E-state index in [9.17, 15) is 4.79 Å². The Balaban J connectivity index is 2.26. The molecule has 0 aromatic heterocycles. The highest BCUT2D eigenvalue weighted by Crippen LogP contribution is 2.21. The predicted octanol–water partition coefficient (Wildman–Crippen LogP) is 1.66. The second-order valence-corrected chi connectivity index (χ2v) is 4.90. The van der Waals surface area contributed by atoms with Crippen LogP contribution in [0.4, 0.5) is 0 Å². The minimum atomic E-state index is -0.248. The quantitative estimate of drug-likeness (QED) is 0.828. The van der Waals surface area contributed by atoms with Gasteiger partial charge in [-0.05, 0) is 29.9 Å². The van der Waals surface area contributed by atoms with E-state index in [0.29, 0.717) is 10.1 Å². The number of halogens is 1. The van der Waals surface area contributed by atoms with Gasteiger partial charge in [-0.25, -0.2) is 0 Å². The van der Waals surface area contributed by atoms with Crippen LogP contribution in [0.25, 0.3) is 0 Å². The van der Waals surface area contributed by atoms with Crippen LogP contribution in [0, 0.1) is 0 Å². The van der Waals surface area contributed by atoms with Gasteiger partial charge in [0.1, 0.15) is 6.17 Å². The average Bonchev–Trinajstić information content (AvgIpc) is 2.73. The molecule has 1 saturated heterocycles. The highest BCUT2D eigenvalue weighted by molar-refractivity contribution is 7.80. The summed E-state index contributed by atoms with van der Waals surface area (Å²) in [5.74, 6) is -0.0929. The van der Waals surface area contributed by atoms with Gasteiger partial charge < -0.3 is 15.5 Å². The summed E-state index contributed by atoms with van der Waals surface area (Å²) >= 11 is 11.1. The lowest BCUT2D eigenvalue weighted by molar-refractivity contribution is -0.120. The zero-order valence-electron chi connectivity index (χ0n) is 9.94. The van der Waals surface area contributed by atoms with Gasteiger partial charge in [-0.15, -0.1) is 0 Å². The maximum absolute atomic E-state index is 11.3. The Labute approximate surface area is 116 Å². The fourth-order valence-electron chi connectivity index (χ4n) is 1.91. The van der Waals surface area contributed by atoms with Crippen molar-refractivity contribution >= 4 is 34.8 Å². The van der Waals surface area contributed by atoms with Crippen LogP contribution in [-0.4, -0.2) is 29.0 Å². The molecule has 2 N–H and O–H groups in total. The van der Waals surface area contributed by atoms with E-state index in [0.717, 1.165) is 18.7 Å². The normalized spacial score (nSPS) is 16.3. The Bertz CT molecular complexity index is 463. The van der Waals surface area contributed by atoms with E-state index in [-0.39, 0.29) is 12.1 Å². The SMILES string of the molecule is CC(=O)NC(c1ccc(Cl)cc1)N1CCNC1=S. The van der Waals surface area contributed by atoms with E-state index in [1.165, 1.54) is 6.92 Å². The lowest BCUT2D eigenvalue weighted by atomic mass is 10.1. The van der Waals surface area contributed by atoms with Crippen molar-refractivity contribution in [3.05, 3.63) is 34.9 Å². The molecule has 0 spiro atoms. The highest BCUT2D eigenvalue weighted by Gasteiger charge is 2.26. The zero-order chi connectivity index (χ0) is 13.1. The number of thiocarbonyl (C=S) groups is 1. The molecule has 96 valence electrons. The molecule has 0 radical (unpaired) electrons. The Hall–Kier alpha value is -1.33. The van der Waals surface area contributed by atoms with Crippen LogP contribution in [0.5, 0.6) is 0 Å². The van der Waals surface area contributed by atoms with Gasteiger partial charge in [-0.3, -0.25) is 4.79 Å². The highest BCUT2D eigenvalue weighted by atomic mass is 35.5. The molecule has 1 aliphatic heterocycles. The molecule has 1 atom stereocenters. The second-order valence-electron chi connectivity index (χ2n) is 4.08. The summed E-state index contributed by atoms with van der Waals surface area (Å²) in [5, 5.41) is 7.31. The third kappa shape index (κ3) is 2.91. The van der Waals surface area contributed by atoms with E-state index in [2.05, 4.69) is 10.6 Å². The molecule has 0 saturated carbocycles. The van der Waals surface area contributed by atoms with Crippen molar-refractivity contribution in [1.82, 2.24) is 15.5 Å². The lowest BCUT2D eigenvalue weighted by Gasteiger charge is -2.29. The van der Waals surface area contributed by atoms with E-state index in [1.54, 1.807) is 12.1 Å². The van der Waals surface area contributed by atoms with E-state index in [4.69, 9.17) is 23.8 Å². The van der Waals surface area contributed by atoms with Crippen LogP contribution in [0.1, 0.15) is 18.7 Å². The Morgan fingerprint density at radius 3 is 2.67 bits per heavy atom. The first-order valence-electron chi connectivity index (χ1n) is 5.65. The molecule has 2 rings (SSSR count). The Morgan fingerprint density at radius 1 is 1.50 bits per heavy atom. The monoisotopic (exact) mass is 283 g/mol. The molecule has 6 heteroatoms. The third-order valence-corrected chi connectivity index (χ3v) is 3.36. The standard InChI is InChI=1S/C12H14ClN3OS/c1-8(17)15-11(16-7-6-14-12(16)18)9-2-4-10(13)5-3-9/h2-5,11H,6-7H2,1H3,(H,14,18)(H,15,17). The first-order chi connectivity index (χ1) is 8.58. The number of carbonyl (C=O) groups excluding carboxylic acids is 1. The topological polar surface area (TPSA) is 44.4 Å². The number of hydrogen-bond donors (Lipinski definition) is 2. The van der Waals surface area contributed by atoms with E-state index in [1.807, 2.05) is 17.0 Å². The van der Waals surface area contributed by atoms with Gasteiger partial charge in [0.2, 0.25) is 5.91 Å². The van der Waals surface area contributed by atoms with Gasteiger partial charge in [0.05, 0.1) is 0 Å². The number of benzene rings is 1. The molecule has 0 bridgehead atoms. The maximum Gasteiger partial charge on any atom is 0.218 e. The van der Waals surface area contributed by atoms with Crippen molar-refractivity contribution < 1.29 is 4.79 Å².